The molecule has 0 unspecified atom stereocenters. The lowest BCUT2D eigenvalue weighted by molar-refractivity contribution is -0.137. The number of aromatic amines is 1. The molecular weight excluding hydrogens is 519 g/mol. The van der Waals surface area contributed by atoms with Gasteiger partial charge in [0.15, 0.2) is 0 Å². The first-order chi connectivity index (χ1) is 18.2. The maximum Gasteiger partial charge on any atom is 0.416 e. The molecule has 1 saturated heterocycles. The van der Waals surface area contributed by atoms with Gasteiger partial charge in [0.2, 0.25) is 0 Å². The molecule has 11 heteroatoms. The Balaban J connectivity index is 1.29. The van der Waals surface area contributed by atoms with Crippen molar-refractivity contribution in [2.75, 3.05) is 26.8 Å². The molecule has 2 aromatic heterocycles. The van der Waals surface area contributed by atoms with Crippen LogP contribution in [0.3, 0.4) is 0 Å². The maximum atomic E-state index is 13.4. The summed E-state index contributed by atoms with van der Waals surface area (Å²) in [5, 5.41) is 0.584. The molecule has 0 aliphatic carbocycles. The lowest BCUT2D eigenvalue weighted by Crippen LogP contribution is -2.37. The highest BCUT2D eigenvalue weighted by molar-refractivity contribution is 6.31. The lowest BCUT2D eigenvalue weighted by atomic mass is 10.0. The fourth-order valence-corrected chi connectivity index (χ4v) is 5.32. The fraction of sp³-hybridized carbons (Fsp3) is 0.407. The number of rotatable bonds is 7. The van der Waals surface area contributed by atoms with Gasteiger partial charge in [-0.25, -0.2) is 9.78 Å². The summed E-state index contributed by atoms with van der Waals surface area (Å²) in [5.74, 6) is 0.551. The van der Waals surface area contributed by atoms with Crippen LogP contribution in [0, 0.1) is 6.92 Å². The lowest BCUT2D eigenvalue weighted by Gasteiger charge is -2.32. The van der Waals surface area contributed by atoms with E-state index in [4.69, 9.17) is 16.3 Å². The number of likely N-dealkylation sites (tertiary alicyclic amines) is 1. The number of piperidine rings is 1. The van der Waals surface area contributed by atoms with Crippen molar-refractivity contribution >= 4 is 22.6 Å². The number of halogens is 4. The number of benzene rings is 2. The molecule has 3 heterocycles. The summed E-state index contributed by atoms with van der Waals surface area (Å²) in [6, 6.07) is 10.6. The molecule has 0 amide bonds. The van der Waals surface area contributed by atoms with Gasteiger partial charge < -0.3 is 9.72 Å². The van der Waals surface area contributed by atoms with Crippen LogP contribution in [0.25, 0.3) is 22.4 Å². The zero-order valence-electron chi connectivity index (χ0n) is 21.2. The monoisotopic (exact) mass is 547 g/mol. The van der Waals surface area contributed by atoms with Gasteiger partial charge in [-0.05, 0) is 50.1 Å². The minimum absolute atomic E-state index is 0.0536. The molecule has 5 rings (SSSR count). The predicted octanol–water partition coefficient (Wildman–Crippen LogP) is 5.66. The molecule has 0 spiro atoms. The van der Waals surface area contributed by atoms with Crippen molar-refractivity contribution in [1.29, 1.82) is 0 Å². The average molecular weight is 548 g/mol. The first-order valence-corrected chi connectivity index (χ1v) is 12.9. The Bertz CT molecular complexity index is 1480. The van der Waals surface area contributed by atoms with Crippen LogP contribution in [-0.4, -0.2) is 50.8 Å². The number of nitrogens with zero attached hydrogens (tertiary/aromatic N) is 4. The number of alkyl halides is 3. The molecule has 0 radical (unpaired) electrons. The molecule has 0 bridgehead atoms. The van der Waals surface area contributed by atoms with E-state index >= 15 is 0 Å². The number of ether oxygens (including phenoxy) is 1. The van der Waals surface area contributed by atoms with Crippen LogP contribution in [0.4, 0.5) is 13.2 Å². The van der Waals surface area contributed by atoms with Crippen molar-refractivity contribution in [2.24, 2.45) is 0 Å². The van der Waals surface area contributed by atoms with E-state index in [1.54, 1.807) is 11.7 Å². The minimum atomic E-state index is -4.37. The van der Waals surface area contributed by atoms with Crippen LogP contribution in [-0.2, 0) is 24.0 Å². The zero-order valence-corrected chi connectivity index (χ0v) is 21.9. The van der Waals surface area contributed by atoms with Crippen LogP contribution in [0.15, 0.2) is 47.3 Å². The van der Waals surface area contributed by atoms with E-state index in [1.807, 2.05) is 29.7 Å². The topological polar surface area (TPSA) is 68.1 Å². The third kappa shape index (κ3) is 5.25. The largest absolute Gasteiger partial charge is 0.416 e. The van der Waals surface area contributed by atoms with E-state index in [0.717, 1.165) is 60.5 Å². The Kier molecular flexibility index (Phi) is 7.39. The highest BCUT2D eigenvalue weighted by Crippen LogP contribution is 2.31. The second-order valence-corrected chi connectivity index (χ2v) is 10.1. The van der Waals surface area contributed by atoms with Crippen molar-refractivity contribution in [2.45, 2.75) is 45.1 Å². The number of aromatic nitrogens is 4. The molecular formula is C27H29ClF3N5O2. The summed E-state index contributed by atoms with van der Waals surface area (Å²) in [5.41, 5.74) is 3.30. The Morgan fingerprint density at radius 1 is 1.11 bits per heavy atom. The summed E-state index contributed by atoms with van der Waals surface area (Å²) >= 11 is 6.23. The number of aryl methyl sites for hydroxylation is 1. The van der Waals surface area contributed by atoms with Crippen molar-refractivity contribution in [3.63, 3.8) is 0 Å². The van der Waals surface area contributed by atoms with Gasteiger partial charge in [-0.2, -0.15) is 13.2 Å². The SMILES string of the molecule is COCCn1c(=O)n(C2CCN(Cc3nc(-c4ccc(C(F)(F)F)cc4)[nH]c3C)CC2)c2ccc(Cl)cc21. The molecule has 2 aromatic carbocycles. The summed E-state index contributed by atoms with van der Waals surface area (Å²) in [6.07, 6.45) is -2.76. The smallest absolute Gasteiger partial charge is 0.383 e. The predicted molar refractivity (Wildman–Crippen MR) is 140 cm³/mol. The molecule has 1 aliphatic heterocycles. The molecule has 0 saturated carbocycles. The Labute approximate surface area is 222 Å². The average Bonchev–Trinajstić information content (AvgIpc) is 3.38. The number of H-pyrrole nitrogens is 1. The van der Waals surface area contributed by atoms with Crippen molar-refractivity contribution in [1.82, 2.24) is 24.0 Å². The van der Waals surface area contributed by atoms with Gasteiger partial charge >= 0.3 is 11.9 Å². The molecule has 4 aromatic rings. The third-order valence-electron chi connectivity index (χ3n) is 7.21. The summed E-state index contributed by atoms with van der Waals surface area (Å²) in [6.45, 7) is 5.01. The Morgan fingerprint density at radius 2 is 1.82 bits per heavy atom. The maximum absolute atomic E-state index is 13.4. The van der Waals surface area contributed by atoms with Gasteiger partial charge in [-0.15, -0.1) is 0 Å². The first-order valence-electron chi connectivity index (χ1n) is 12.5. The minimum Gasteiger partial charge on any atom is -0.383 e. The molecule has 202 valence electrons. The number of nitrogens with one attached hydrogen (secondary N) is 1. The van der Waals surface area contributed by atoms with E-state index in [1.165, 1.54) is 12.1 Å². The van der Waals surface area contributed by atoms with E-state index in [9.17, 15) is 18.0 Å². The quantitative estimate of drug-likeness (QED) is 0.324. The van der Waals surface area contributed by atoms with Crippen LogP contribution in [0.1, 0.15) is 35.8 Å². The Hall–Kier alpha value is -3.08. The number of imidazole rings is 2. The molecule has 1 N–H and O–H groups in total. The number of hydrogen-bond donors (Lipinski definition) is 1. The third-order valence-corrected chi connectivity index (χ3v) is 7.45. The van der Waals surface area contributed by atoms with Gasteiger partial charge in [0, 0.05) is 49.1 Å². The van der Waals surface area contributed by atoms with Gasteiger partial charge in [-0.3, -0.25) is 14.0 Å². The van der Waals surface area contributed by atoms with Crippen molar-refractivity contribution in [3.8, 4) is 11.4 Å². The zero-order chi connectivity index (χ0) is 27.0. The second-order valence-electron chi connectivity index (χ2n) is 9.67. The molecule has 1 fully saturated rings. The van der Waals surface area contributed by atoms with Gasteiger partial charge in [0.1, 0.15) is 5.82 Å². The summed E-state index contributed by atoms with van der Waals surface area (Å²) < 4.78 is 47.5. The van der Waals surface area contributed by atoms with Crippen molar-refractivity contribution < 1.29 is 17.9 Å². The number of hydrogen-bond acceptors (Lipinski definition) is 4. The first kappa shape index (κ1) is 26.5. The Morgan fingerprint density at radius 3 is 2.47 bits per heavy atom. The standard InChI is InChI=1S/C27H29ClF3N5O2/c1-17-22(33-25(32-17)18-3-5-19(6-4-18)27(29,30)31)16-34-11-9-21(10-12-34)36-23-8-7-20(28)15-24(23)35(26(36)37)13-14-38-2/h3-8,15,21H,9-14,16H2,1-2H3,(H,32,33). The van der Waals surface area contributed by atoms with Crippen LogP contribution < -0.4 is 5.69 Å². The summed E-state index contributed by atoms with van der Waals surface area (Å²) in [7, 11) is 1.61. The van der Waals surface area contributed by atoms with Crippen LogP contribution >= 0.6 is 11.6 Å². The molecule has 1 aliphatic rings. The summed E-state index contributed by atoms with van der Waals surface area (Å²) in [4.78, 5) is 23.6. The molecule has 0 atom stereocenters. The highest BCUT2D eigenvalue weighted by Gasteiger charge is 2.30. The van der Waals surface area contributed by atoms with Gasteiger partial charge in [0.25, 0.3) is 0 Å². The van der Waals surface area contributed by atoms with E-state index in [0.29, 0.717) is 36.1 Å². The molecule has 38 heavy (non-hydrogen) atoms. The molecule has 7 nitrogen and oxygen atoms in total. The highest BCUT2D eigenvalue weighted by atomic mass is 35.5. The number of methoxy groups -OCH3 is 1. The van der Waals surface area contributed by atoms with Gasteiger partial charge in [-0.1, -0.05) is 23.7 Å². The van der Waals surface area contributed by atoms with Crippen molar-refractivity contribution in [3.05, 3.63) is 74.9 Å². The van der Waals surface area contributed by atoms with E-state index in [-0.39, 0.29) is 11.7 Å². The van der Waals surface area contributed by atoms with E-state index < -0.39 is 11.7 Å². The van der Waals surface area contributed by atoms with Crippen LogP contribution in [0.2, 0.25) is 5.02 Å². The van der Waals surface area contributed by atoms with Gasteiger partial charge in [0.05, 0.1) is 35.4 Å². The fourth-order valence-electron chi connectivity index (χ4n) is 5.16. The van der Waals surface area contributed by atoms with Crippen LogP contribution in [0.5, 0.6) is 0 Å². The second kappa shape index (κ2) is 10.6. The van der Waals surface area contributed by atoms with E-state index in [2.05, 4.69) is 14.9 Å². The normalized spacial score (nSPS) is 15.5. The number of fused-ring (bicyclic) bond motifs is 1.